The Morgan fingerprint density at radius 2 is 1.82 bits per heavy atom. The number of pyridine rings is 2. The van der Waals surface area contributed by atoms with Gasteiger partial charge in [-0.3, -0.25) is 14.5 Å². The topological polar surface area (TPSA) is 130 Å². The fourth-order valence-corrected chi connectivity index (χ4v) is 3.54. The van der Waals surface area contributed by atoms with Crippen LogP contribution in [0.15, 0.2) is 48.9 Å². The van der Waals surface area contributed by atoms with Crippen molar-refractivity contribution in [3.63, 3.8) is 0 Å². The minimum atomic E-state index is -4.61. The number of aliphatic hydroxyl groups is 1. The first-order chi connectivity index (χ1) is 18.6. The highest BCUT2D eigenvalue weighted by Crippen LogP contribution is 2.36. The maximum Gasteiger partial charge on any atom is 0.422 e. The number of carbonyl (C=O) groups is 1. The second-order valence-corrected chi connectivity index (χ2v) is 8.29. The van der Waals surface area contributed by atoms with Gasteiger partial charge < -0.3 is 29.4 Å². The standard InChI is InChI=1S/C25H24F3N5O6/c1-14(34)11-33-12-21(38-13-25(26,27)28)23(32-33)24(35)31-15-4-5-22(30-10-15)39-18-6-7-29-17-9-20(37-3)19(36-2)8-16(17)18/h4-10,12,14,34H,11,13H2,1-3H3,(H,31,35). The second kappa shape index (κ2) is 11.4. The third-order valence-electron chi connectivity index (χ3n) is 5.20. The molecule has 0 spiro atoms. The summed E-state index contributed by atoms with van der Waals surface area (Å²) in [6, 6.07) is 8.08. The molecule has 1 unspecified atom stereocenters. The van der Waals surface area contributed by atoms with E-state index in [1.165, 1.54) is 39.5 Å². The number of hydrogen-bond donors (Lipinski definition) is 2. The molecule has 1 aromatic carbocycles. The molecule has 0 aliphatic heterocycles. The van der Waals surface area contributed by atoms with E-state index < -0.39 is 24.8 Å². The number of hydrogen-bond acceptors (Lipinski definition) is 9. The zero-order valence-corrected chi connectivity index (χ0v) is 21.0. The van der Waals surface area contributed by atoms with Gasteiger partial charge in [0, 0.05) is 23.7 Å². The average Bonchev–Trinajstić information content (AvgIpc) is 3.29. The summed E-state index contributed by atoms with van der Waals surface area (Å²) < 4.78 is 60.4. The fourth-order valence-electron chi connectivity index (χ4n) is 3.54. The van der Waals surface area contributed by atoms with Crippen LogP contribution < -0.4 is 24.3 Å². The summed E-state index contributed by atoms with van der Waals surface area (Å²) in [6.45, 7) is -0.190. The smallest absolute Gasteiger partial charge is 0.422 e. The molecule has 0 fully saturated rings. The summed E-state index contributed by atoms with van der Waals surface area (Å²) in [5.41, 5.74) is 0.450. The number of aromatic nitrogens is 4. The van der Waals surface area contributed by atoms with Crippen molar-refractivity contribution in [1.82, 2.24) is 19.7 Å². The first-order valence-corrected chi connectivity index (χ1v) is 11.5. The molecule has 14 heteroatoms. The molecule has 39 heavy (non-hydrogen) atoms. The number of alkyl halides is 3. The summed E-state index contributed by atoms with van der Waals surface area (Å²) >= 11 is 0. The summed E-state index contributed by atoms with van der Waals surface area (Å²) in [4.78, 5) is 21.3. The van der Waals surface area contributed by atoms with Crippen LogP contribution in [-0.2, 0) is 6.54 Å². The molecule has 0 aliphatic carbocycles. The van der Waals surface area contributed by atoms with Crippen molar-refractivity contribution in [3.05, 3.63) is 54.6 Å². The zero-order valence-electron chi connectivity index (χ0n) is 21.0. The number of fused-ring (bicyclic) bond motifs is 1. The SMILES string of the molecule is COc1cc2nccc(Oc3ccc(NC(=O)c4nn(CC(C)O)cc4OCC(F)(F)F)cn3)c2cc1OC. The largest absolute Gasteiger partial charge is 0.493 e. The van der Waals surface area contributed by atoms with Crippen LogP contribution in [0.25, 0.3) is 10.9 Å². The molecule has 0 aliphatic rings. The Labute approximate surface area is 220 Å². The van der Waals surface area contributed by atoms with E-state index in [2.05, 4.69) is 20.4 Å². The lowest BCUT2D eigenvalue weighted by molar-refractivity contribution is -0.153. The molecule has 3 aromatic heterocycles. The van der Waals surface area contributed by atoms with E-state index in [1.54, 1.807) is 24.4 Å². The van der Waals surface area contributed by atoms with Crippen molar-refractivity contribution < 1.29 is 42.0 Å². The van der Waals surface area contributed by atoms with Gasteiger partial charge in [-0.1, -0.05) is 0 Å². The van der Waals surface area contributed by atoms with Gasteiger partial charge in [-0.15, -0.1) is 0 Å². The molecule has 2 N–H and O–H groups in total. The zero-order chi connectivity index (χ0) is 28.2. The summed E-state index contributed by atoms with van der Waals surface area (Å²) in [6.07, 6.45) is -1.48. The Kier molecular flexibility index (Phi) is 8.04. The average molecular weight is 547 g/mol. The van der Waals surface area contributed by atoms with E-state index in [-0.39, 0.29) is 29.6 Å². The summed E-state index contributed by atoms with van der Waals surface area (Å²) in [5, 5.41) is 16.7. The van der Waals surface area contributed by atoms with Gasteiger partial charge in [0.1, 0.15) is 5.75 Å². The quantitative estimate of drug-likeness (QED) is 0.300. The van der Waals surface area contributed by atoms with E-state index in [0.29, 0.717) is 28.2 Å². The molecule has 11 nitrogen and oxygen atoms in total. The number of methoxy groups -OCH3 is 2. The number of nitrogens with one attached hydrogen (secondary N) is 1. The Morgan fingerprint density at radius 1 is 1.08 bits per heavy atom. The predicted octanol–water partition coefficient (Wildman–Crippen LogP) is 4.21. The number of rotatable bonds is 10. The van der Waals surface area contributed by atoms with Gasteiger partial charge in [0.25, 0.3) is 5.91 Å². The van der Waals surface area contributed by atoms with Crippen molar-refractivity contribution in [2.45, 2.75) is 25.7 Å². The monoisotopic (exact) mass is 547 g/mol. The van der Waals surface area contributed by atoms with Gasteiger partial charge in [0.2, 0.25) is 5.88 Å². The number of anilines is 1. The molecule has 4 rings (SSSR count). The number of benzene rings is 1. The van der Waals surface area contributed by atoms with Crippen LogP contribution in [0.5, 0.6) is 28.9 Å². The van der Waals surface area contributed by atoms with Crippen LogP contribution in [0.2, 0.25) is 0 Å². The molecule has 0 bridgehead atoms. The molecule has 1 amide bonds. The number of nitrogens with zero attached hydrogens (tertiary/aromatic N) is 4. The van der Waals surface area contributed by atoms with Gasteiger partial charge in [0.05, 0.1) is 50.5 Å². The van der Waals surface area contributed by atoms with Crippen molar-refractivity contribution in [1.29, 1.82) is 0 Å². The van der Waals surface area contributed by atoms with Gasteiger partial charge in [-0.2, -0.15) is 18.3 Å². The maximum absolute atomic E-state index is 12.8. The van der Waals surface area contributed by atoms with Crippen molar-refractivity contribution >= 4 is 22.5 Å². The lowest BCUT2D eigenvalue weighted by Gasteiger charge is -2.12. The summed E-state index contributed by atoms with van der Waals surface area (Å²) in [5.74, 6) is 0.438. The number of aliphatic hydroxyl groups excluding tert-OH is 1. The van der Waals surface area contributed by atoms with E-state index in [9.17, 15) is 23.1 Å². The first kappa shape index (κ1) is 27.4. The Morgan fingerprint density at radius 3 is 2.46 bits per heavy atom. The first-order valence-electron chi connectivity index (χ1n) is 11.5. The van der Waals surface area contributed by atoms with Crippen molar-refractivity contribution in [3.8, 4) is 28.9 Å². The van der Waals surface area contributed by atoms with E-state index >= 15 is 0 Å². The maximum atomic E-state index is 12.8. The fraction of sp³-hybridized carbons (Fsp3) is 0.280. The third kappa shape index (κ3) is 6.84. The number of halogens is 3. The van der Waals surface area contributed by atoms with Gasteiger partial charge in [-0.25, -0.2) is 4.98 Å². The lowest BCUT2D eigenvalue weighted by atomic mass is 10.2. The normalized spacial score (nSPS) is 12.2. The van der Waals surface area contributed by atoms with Gasteiger partial charge in [0.15, 0.2) is 29.5 Å². The van der Waals surface area contributed by atoms with Crippen LogP contribution >= 0.6 is 0 Å². The van der Waals surface area contributed by atoms with E-state index in [0.717, 1.165) is 10.9 Å². The number of ether oxygens (including phenoxy) is 4. The van der Waals surface area contributed by atoms with Crippen LogP contribution in [-0.4, -0.2) is 63.9 Å². The molecule has 0 saturated carbocycles. The Hall–Kier alpha value is -4.59. The molecular weight excluding hydrogens is 523 g/mol. The van der Waals surface area contributed by atoms with Crippen LogP contribution in [0.1, 0.15) is 17.4 Å². The van der Waals surface area contributed by atoms with E-state index in [4.69, 9.17) is 18.9 Å². The number of carbonyl (C=O) groups excluding carboxylic acids is 1. The van der Waals surface area contributed by atoms with Crippen LogP contribution in [0.4, 0.5) is 18.9 Å². The molecule has 0 saturated heterocycles. The predicted molar refractivity (Wildman–Crippen MR) is 133 cm³/mol. The van der Waals surface area contributed by atoms with Crippen molar-refractivity contribution in [2.75, 3.05) is 26.1 Å². The van der Waals surface area contributed by atoms with Crippen LogP contribution in [0, 0.1) is 0 Å². The van der Waals surface area contributed by atoms with E-state index in [1.807, 2.05) is 0 Å². The van der Waals surface area contributed by atoms with Gasteiger partial charge >= 0.3 is 6.18 Å². The second-order valence-electron chi connectivity index (χ2n) is 8.29. The lowest BCUT2D eigenvalue weighted by Crippen LogP contribution is -2.21. The summed E-state index contributed by atoms with van der Waals surface area (Å²) in [7, 11) is 3.03. The Bertz CT molecular complexity index is 1460. The molecule has 4 aromatic rings. The van der Waals surface area contributed by atoms with Crippen molar-refractivity contribution in [2.24, 2.45) is 0 Å². The minimum Gasteiger partial charge on any atom is -0.493 e. The Balaban J connectivity index is 1.51. The van der Waals surface area contributed by atoms with Crippen LogP contribution in [0.3, 0.4) is 0 Å². The van der Waals surface area contributed by atoms with Gasteiger partial charge in [-0.05, 0) is 25.1 Å². The highest BCUT2D eigenvalue weighted by molar-refractivity contribution is 6.04. The third-order valence-corrected chi connectivity index (χ3v) is 5.20. The highest BCUT2D eigenvalue weighted by atomic mass is 19.4. The molecule has 3 heterocycles. The number of amides is 1. The minimum absolute atomic E-state index is 0.0500. The molecule has 1 atom stereocenters. The molecule has 0 radical (unpaired) electrons. The molecule has 206 valence electrons. The molecular formula is C25H24F3N5O6. The highest BCUT2D eigenvalue weighted by Gasteiger charge is 2.30.